The number of carbonyl (C=O) groups excluding carboxylic acids is 2. The molecule has 1 aliphatic heterocycles. The van der Waals surface area contributed by atoms with Crippen LogP contribution in [-0.2, 0) is 9.59 Å². The van der Waals surface area contributed by atoms with Gasteiger partial charge in [0.2, 0.25) is 5.91 Å². The van der Waals surface area contributed by atoms with Gasteiger partial charge in [0.1, 0.15) is 4.32 Å². The fourth-order valence-corrected chi connectivity index (χ4v) is 4.59. The Kier molecular flexibility index (Phi) is 8.04. The van der Waals surface area contributed by atoms with Gasteiger partial charge < -0.3 is 5.32 Å². The summed E-state index contributed by atoms with van der Waals surface area (Å²) in [5, 5.41) is 2.95. The van der Waals surface area contributed by atoms with Crippen molar-refractivity contribution in [3.8, 4) is 0 Å². The third-order valence-electron chi connectivity index (χ3n) is 5.32. The van der Waals surface area contributed by atoms with Crippen LogP contribution in [0.1, 0.15) is 47.9 Å². The Labute approximate surface area is 194 Å². The summed E-state index contributed by atoms with van der Waals surface area (Å²) in [6, 6.07) is 14.0. The molecule has 6 heteroatoms. The number of nitrogens with zero attached hydrogens (tertiary/aromatic N) is 1. The van der Waals surface area contributed by atoms with Crippen LogP contribution >= 0.6 is 24.0 Å². The number of aryl methyl sites for hydroxylation is 3. The minimum Gasteiger partial charge on any atom is -0.326 e. The van der Waals surface area contributed by atoms with Crippen molar-refractivity contribution in [2.24, 2.45) is 0 Å². The van der Waals surface area contributed by atoms with Crippen LogP contribution in [0.5, 0.6) is 0 Å². The van der Waals surface area contributed by atoms with Gasteiger partial charge in [0.15, 0.2) is 0 Å². The van der Waals surface area contributed by atoms with Gasteiger partial charge in [-0.15, -0.1) is 0 Å². The van der Waals surface area contributed by atoms with Gasteiger partial charge in [-0.2, -0.15) is 0 Å². The highest BCUT2D eigenvalue weighted by molar-refractivity contribution is 8.26. The topological polar surface area (TPSA) is 49.4 Å². The second-order valence-electron chi connectivity index (χ2n) is 7.90. The molecular formula is C25H28N2O2S2. The van der Waals surface area contributed by atoms with E-state index in [-0.39, 0.29) is 11.8 Å². The van der Waals surface area contributed by atoms with Gasteiger partial charge in [-0.05, 0) is 68.5 Å². The molecule has 2 aromatic carbocycles. The van der Waals surface area contributed by atoms with Gasteiger partial charge in [0, 0.05) is 18.7 Å². The molecular weight excluding hydrogens is 424 g/mol. The van der Waals surface area contributed by atoms with E-state index in [4.69, 9.17) is 12.2 Å². The van der Waals surface area contributed by atoms with Crippen LogP contribution in [0.4, 0.5) is 5.69 Å². The van der Waals surface area contributed by atoms with Gasteiger partial charge in [-0.1, -0.05) is 66.3 Å². The lowest BCUT2D eigenvalue weighted by atomic mass is 10.1. The highest BCUT2D eigenvalue weighted by Crippen LogP contribution is 2.32. The molecule has 0 aliphatic carbocycles. The number of anilines is 1. The molecule has 0 atom stereocenters. The molecule has 0 unspecified atom stereocenters. The first-order valence-electron chi connectivity index (χ1n) is 10.5. The predicted molar refractivity (Wildman–Crippen MR) is 134 cm³/mol. The van der Waals surface area contributed by atoms with Gasteiger partial charge in [0.05, 0.1) is 4.91 Å². The Hall–Kier alpha value is -2.44. The first-order chi connectivity index (χ1) is 14.8. The molecule has 4 nitrogen and oxygen atoms in total. The van der Waals surface area contributed by atoms with Gasteiger partial charge in [-0.3, -0.25) is 14.5 Å². The molecule has 3 rings (SSSR count). The Morgan fingerprint density at radius 2 is 1.77 bits per heavy atom. The van der Waals surface area contributed by atoms with E-state index in [0.29, 0.717) is 22.2 Å². The highest BCUT2D eigenvalue weighted by Gasteiger charge is 2.31. The second-order valence-corrected chi connectivity index (χ2v) is 9.58. The van der Waals surface area contributed by atoms with Crippen LogP contribution < -0.4 is 5.32 Å². The average molecular weight is 453 g/mol. The number of benzene rings is 2. The Morgan fingerprint density at radius 3 is 2.48 bits per heavy atom. The predicted octanol–water partition coefficient (Wildman–Crippen LogP) is 6.01. The number of rotatable bonds is 8. The van der Waals surface area contributed by atoms with E-state index in [1.807, 2.05) is 62.4 Å². The summed E-state index contributed by atoms with van der Waals surface area (Å²) in [5.74, 6) is -0.00189. The van der Waals surface area contributed by atoms with E-state index in [9.17, 15) is 9.59 Å². The molecule has 1 aliphatic rings. The molecule has 1 heterocycles. The van der Waals surface area contributed by atoms with E-state index >= 15 is 0 Å². The van der Waals surface area contributed by atoms with Crippen molar-refractivity contribution in [3.63, 3.8) is 0 Å². The molecule has 0 bridgehead atoms. The third-order valence-corrected chi connectivity index (χ3v) is 6.70. The van der Waals surface area contributed by atoms with Crippen LogP contribution in [0.2, 0.25) is 0 Å². The molecule has 162 valence electrons. The van der Waals surface area contributed by atoms with Crippen LogP contribution in [0.3, 0.4) is 0 Å². The van der Waals surface area contributed by atoms with Crippen molar-refractivity contribution in [2.75, 3.05) is 11.9 Å². The van der Waals surface area contributed by atoms with Crippen molar-refractivity contribution in [2.45, 2.75) is 46.5 Å². The first-order valence-corrected chi connectivity index (χ1v) is 11.7. The summed E-state index contributed by atoms with van der Waals surface area (Å²) in [5.41, 5.74) is 5.40. The quantitative estimate of drug-likeness (QED) is 0.303. The molecule has 0 saturated carbocycles. The van der Waals surface area contributed by atoms with Crippen molar-refractivity contribution < 1.29 is 9.59 Å². The lowest BCUT2D eigenvalue weighted by molar-refractivity contribution is -0.122. The summed E-state index contributed by atoms with van der Waals surface area (Å²) >= 11 is 6.76. The van der Waals surface area contributed by atoms with Crippen LogP contribution in [0.15, 0.2) is 47.4 Å². The fourth-order valence-electron chi connectivity index (χ4n) is 3.28. The summed E-state index contributed by atoms with van der Waals surface area (Å²) in [7, 11) is 0. The first kappa shape index (κ1) is 23.2. The zero-order valence-electron chi connectivity index (χ0n) is 18.2. The van der Waals surface area contributed by atoms with Crippen LogP contribution in [-0.4, -0.2) is 27.6 Å². The molecule has 2 amide bonds. The van der Waals surface area contributed by atoms with Gasteiger partial charge in [-0.25, -0.2) is 0 Å². The van der Waals surface area contributed by atoms with Gasteiger partial charge >= 0.3 is 0 Å². The van der Waals surface area contributed by atoms with Crippen molar-refractivity contribution in [3.05, 3.63) is 69.6 Å². The van der Waals surface area contributed by atoms with Crippen molar-refractivity contribution in [1.29, 1.82) is 0 Å². The third kappa shape index (κ3) is 6.52. The standard InChI is InChI=1S/C25H28N2O2S2/c1-17-8-11-20(12-9-17)16-22-24(29)27(25(30)31-22)14-6-4-5-7-23(28)26-21-13-10-18(2)19(3)15-21/h8-13,15-16H,4-7,14H2,1-3H3,(H,26,28)/b22-16-. The van der Waals surface area contributed by atoms with E-state index in [1.165, 1.54) is 22.9 Å². The minimum atomic E-state index is -0.0249. The summed E-state index contributed by atoms with van der Waals surface area (Å²) in [6.07, 6.45) is 4.84. The molecule has 2 aromatic rings. The number of amides is 2. The molecule has 1 saturated heterocycles. The zero-order chi connectivity index (χ0) is 22.4. The van der Waals surface area contributed by atoms with E-state index in [1.54, 1.807) is 4.90 Å². The van der Waals surface area contributed by atoms with Gasteiger partial charge in [0.25, 0.3) is 5.91 Å². The Balaban J connectivity index is 1.41. The Bertz CT molecular complexity index is 1010. The van der Waals surface area contributed by atoms with Crippen LogP contribution in [0.25, 0.3) is 6.08 Å². The molecule has 0 spiro atoms. The van der Waals surface area contributed by atoms with Crippen molar-refractivity contribution >= 4 is 51.9 Å². The van der Waals surface area contributed by atoms with E-state index in [0.717, 1.165) is 36.1 Å². The molecule has 0 aromatic heterocycles. The number of unbranched alkanes of at least 4 members (excludes halogenated alkanes) is 2. The Morgan fingerprint density at radius 1 is 1.03 bits per heavy atom. The lowest BCUT2D eigenvalue weighted by Gasteiger charge is -2.14. The highest BCUT2D eigenvalue weighted by atomic mass is 32.2. The number of thioether (sulfide) groups is 1. The largest absolute Gasteiger partial charge is 0.326 e. The number of nitrogens with one attached hydrogen (secondary N) is 1. The fraction of sp³-hybridized carbons (Fsp3) is 0.320. The van der Waals surface area contributed by atoms with E-state index in [2.05, 4.69) is 12.2 Å². The molecule has 0 radical (unpaired) electrons. The lowest BCUT2D eigenvalue weighted by Crippen LogP contribution is -2.29. The number of hydrogen-bond acceptors (Lipinski definition) is 4. The maximum atomic E-state index is 12.7. The summed E-state index contributed by atoms with van der Waals surface area (Å²) < 4.78 is 0.607. The maximum absolute atomic E-state index is 12.7. The zero-order valence-corrected chi connectivity index (χ0v) is 19.9. The summed E-state index contributed by atoms with van der Waals surface area (Å²) in [6.45, 7) is 6.72. The number of carbonyl (C=O) groups is 2. The average Bonchev–Trinajstić information content (AvgIpc) is 2.99. The maximum Gasteiger partial charge on any atom is 0.266 e. The molecule has 1 N–H and O–H groups in total. The monoisotopic (exact) mass is 452 g/mol. The smallest absolute Gasteiger partial charge is 0.266 e. The molecule has 1 fully saturated rings. The SMILES string of the molecule is Cc1ccc(/C=C2\SC(=S)N(CCCCCC(=O)Nc3ccc(C)c(C)c3)C2=O)cc1. The number of thiocarbonyl (C=S) groups is 1. The second kappa shape index (κ2) is 10.7. The minimum absolute atomic E-state index is 0.0231. The number of hydrogen-bond donors (Lipinski definition) is 1. The molecule has 31 heavy (non-hydrogen) atoms. The van der Waals surface area contributed by atoms with E-state index < -0.39 is 0 Å². The van der Waals surface area contributed by atoms with Crippen molar-refractivity contribution in [1.82, 2.24) is 4.90 Å². The summed E-state index contributed by atoms with van der Waals surface area (Å²) in [4.78, 5) is 27.2. The normalized spacial score (nSPS) is 15.1. The van der Waals surface area contributed by atoms with Crippen LogP contribution in [0, 0.1) is 20.8 Å².